The first-order valence-corrected chi connectivity index (χ1v) is 8.82. The summed E-state index contributed by atoms with van der Waals surface area (Å²) in [4.78, 5) is 18.0. The number of anilines is 1. The molecule has 0 aliphatic rings. The molecule has 0 spiro atoms. The summed E-state index contributed by atoms with van der Waals surface area (Å²) in [7, 11) is 0. The molecule has 0 fully saturated rings. The fourth-order valence-electron chi connectivity index (χ4n) is 2.36. The van der Waals surface area contributed by atoms with E-state index in [0.717, 1.165) is 21.1 Å². The van der Waals surface area contributed by atoms with Gasteiger partial charge in [0.05, 0.1) is 21.4 Å². The fraction of sp³-hybridized carbons (Fsp3) is 0.111. The van der Waals surface area contributed by atoms with Gasteiger partial charge in [-0.15, -0.1) is 11.3 Å². The molecule has 0 atom stereocenters. The Morgan fingerprint density at radius 1 is 1.08 bits per heavy atom. The Kier molecular flexibility index (Phi) is 4.90. The summed E-state index contributed by atoms with van der Waals surface area (Å²) in [6.07, 6.45) is 0. The highest BCUT2D eigenvalue weighted by molar-refractivity contribution is 7.11. The molecule has 6 heteroatoms. The van der Waals surface area contributed by atoms with E-state index in [2.05, 4.69) is 10.3 Å². The van der Waals surface area contributed by atoms with Gasteiger partial charge in [-0.05, 0) is 44.2 Å². The van der Waals surface area contributed by atoms with Crippen LogP contribution < -0.4 is 5.32 Å². The third-order valence-electron chi connectivity index (χ3n) is 3.50. The number of carbonyl (C=O) groups is 1. The van der Waals surface area contributed by atoms with Crippen molar-refractivity contribution in [1.82, 2.24) is 4.98 Å². The second kappa shape index (κ2) is 6.93. The number of aryl methyl sites for hydroxylation is 2. The Labute approximate surface area is 154 Å². The minimum absolute atomic E-state index is 0.225. The summed E-state index contributed by atoms with van der Waals surface area (Å²) in [5, 5.41) is 4.74. The lowest BCUT2D eigenvalue weighted by Gasteiger charge is -2.08. The van der Waals surface area contributed by atoms with Crippen molar-refractivity contribution in [3.63, 3.8) is 0 Å². The molecule has 3 aromatic rings. The molecule has 1 N–H and O–H groups in total. The SMILES string of the molecule is Cc1nc(-c2ccc(C(=O)Nc3ccc(Cl)cc3Cl)cc2)c(C)s1. The van der Waals surface area contributed by atoms with E-state index in [1.807, 2.05) is 26.0 Å². The molecule has 0 bridgehead atoms. The van der Waals surface area contributed by atoms with Gasteiger partial charge in [0, 0.05) is 21.0 Å². The van der Waals surface area contributed by atoms with Crippen molar-refractivity contribution in [2.24, 2.45) is 0 Å². The van der Waals surface area contributed by atoms with Crippen molar-refractivity contribution >= 4 is 46.1 Å². The maximum atomic E-state index is 12.4. The van der Waals surface area contributed by atoms with Crippen LogP contribution in [0.1, 0.15) is 20.2 Å². The smallest absolute Gasteiger partial charge is 0.255 e. The number of nitrogens with one attached hydrogen (secondary N) is 1. The molecule has 0 saturated carbocycles. The molecule has 3 nitrogen and oxygen atoms in total. The molecule has 1 aromatic heterocycles. The molecule has 0 radical (unpaired) electrons. The van der Waals surface area contributed by atoms with Crippen LogP contribution in [0.4, 0.5) is 5.69 Å². The van der Waals surface area contributed by atoms with E-state index >= 15 is 0 Å². The van der Waals surface area contributed by atoms with Crippen molar-refractivity contribution in [3.8, 4) is 11.3 Å². The highest BCUT2D eigenvalue weighted by Crippen LogP contribution is 2.28. The molecule has 24 heavy (non-hydrogen) atoms. The number of amides is 1. The van der Waals surface area contributed by atoms with E-state index in [9.17, 15) is 4.79 Å². The quantitative estimate of drug-likeness (QED) is 0.610. The van der Waals surface area contributed by atoms with Gasteiger partial charge in [0.25, 0.3) is 5.91 Å². The molecule has 2 aromatic carbocycles. The fourth-order valence-corrected chi connectivity index (χ4v) is 3.66. The van der Waals surface area contributed by atoms with Crippen LogP contribution in [0.25, 0.3) is 11.3 Å². The topological polar surface area (TPSA) is 42.0 Å². The average molecular weight is 377 g/mol. The first-order valence-electron chi connectivity index (χ1n) is 7.25. The van der Waals surface area contributed by atoms with Gasteiger partial charge < -0.3 is 5.32 Å². The standard InChI is InChI=1S/C18H14Cl2N2OS/c1-10-17(21-11(2)24-10)12-3-5-13(6-4-12)18(23)22-16-8-7-14(19)9-15(16)20/h3-9H,1-2H3,(H,22,23). The number of halogens is 2. The molecule has 0 aliphatic heterocycles. The lowest BCUT2D eigenvalue weighted by molar-refractivity contribution is 0.102. The Hall–Kier alpha value is -1.88. The van der Waals surface area contributed by atoms with E-state index in [4.69, 9.17) is 23.2 Å². The van der Waals surface area contributed by atoms with Gasteiger partial charge in [0.1, 0.15) is 0 Å². The van der Waals surface area contributed by atoms with Crippen LogP contribution in [0.2, 0.25) is 10.0 Å². The number of benzene rings is 2. The highest BCUT2D eigenvalue weighted by Gasteiger charge is 2.11. The zero-order valence-corrected chi connectivity index (χ0v) is 15.4. The number of aromatic nitrogens is 1. The maximum Gasteiger partial charge on any atom is 0.255 e. The third-order valence-corrected chi connectivity index (χ3v) is 4.94. The number of nitrogens with zero attached hydrogens (tertiary/aromatic N) is 1. The summed E-state index contributed by atoms with van der Waals surface area (Å²) in [6, 6.07) is 12.3. The summed E-state index contributed by atoms with van der Waals surface area (Å²) in [6.45, 7) is 4.03. The zero-order valence-electron chi connectivity index (χ0n) is 13.1. The van der Waals surface area contributed by atoms with Crippen LogP contribution >= 0.6 is 34.5 Å². The van der Waals surface area contributed by atoms with Crippen LogP contribution in [-0.4, -0.2) is 10.9 Å². The average Bonchev–Trinajstić information content (AvgIpc) is 2.88. The Bertz CT molecular complexity index is 904. The molecule has 1 amide bonds. The first kappa shape index (κ1) is 17.0. The van der Waals surface area contributed by atoms with E-state index in [-0.39, 0.29) is 5.91 Å². The lowest BCUT2D eigenvalue weighted by Crippen LogP contribution is -2.12. The molecule has 1 heterocycles. The van der Waals surface area contributed by atoms with Gasteiger partial charge in [-0.25, -0.2) is 4.98 Å². The largest absolute Gasteiger partial charge is 0.321 e. The number of thiazole rings is 1. The van der Waals surface area contributed by atoms with Gasteiger partial charge in [-0.3, -0.25) is 4.79 Å². The first-order chi connectivity index (χ1) is 11.4. The number of rotatable bonds is 3. The molecule has 0 aliphatic carbocycles. The van der Waals surface area contributed by atoms with Gasteiger partial charge in [-0.2, -0.15) is 0 Å². The van der Waals surface area contributed by atoms with Crippen molar-refractivity contribution in [2.75, 3.05) is 5.32 Å². The summed E-state index contributed by atoms with van der Waals surface area (Å²) >= 11 is 13.6. The Morgan fingerprint density at radius 2 is 1.79 bits per heavy atom. The van der Waals surface area contributed by atoms with Gasteiger partial charge in [0.15, 0.2) is 0 Å². The van der Waals surface area contributed by atoms with Gasteiger partial charge in [-0.1, -0.05) is 35.3 Å². The number of carbonyl (C=O) groups excluding carboxylic acids is 1. The zero-order chi connectivity index (χ0) is 17.3. The second-order valence-corrected chi connectivity index (χ2v) is 7.54. The van der Waals surface area contributed by atoms with E-state index in [0.29, 0.717) is 21.3 Å². The minimum atomic E-state index is -0.225. The van der Waals surface area contributed by atoms with Crippen LogP contribution in [0.15, 0.2) is 42.5 Å². The third kappa shape index (κ3) is 3.61. The van der Waals surface area contributed by atoms with E-state index in [1.165, 1.54) is 0 Å². The van der Waals surface area contributed by atoms with Gasteiger partial charge >= 0.3 is 0 Å². The second-order valence-electron chi connectivity index (χ2n) is 5.29. The molecular formula is C18H14Cl2N2OS. The van der Waals surface area contributed by atoms with Gasteiger partial charge in [0.2, 0.25) is 0 Å². The molecule has 0 saturated heterocycles. The Morgan fingerprint density at radius 3 is 2.38 bits per heavy atom. The van der Waals surface area contributed by atoms with Crippen LogP contribution in [0.3, 0.4) is 0 Å². The number of hydrogen-bond acceptors (Lipinski definition) is 3. The van der Waals surface area contributed by atoms with E-state index in [1.54, 1.807) is 41.7 Å². The predicted molar refractivity (Wildman–Crippen MR) is 101 cm³/mol. The number of hydrogen-bond donors (Lipinski definition) is 1. The van der Waals surface area contributed by atoms with Crippen molar-refractivity contribution < 1.29 is 4.79 Å². The molecule has 122 valence electrons. The highest BCUT2D eigenvalue weighted by atomic mass is 35.5. The van der Waals surface area contributed by atoms with Crippen molar-refractivity contribution in [3.05, 3.63) is 68.0 Å². The summed E-state index contributed by atoms with van der Waals surface area (Å²) < 4.78 is 0. The molecule has 3 rings (SSSR count). The van der Waals surface area contributed by atoms with Crippen molar-refractivity contribution in [2.45, 2.75) is 13.8 Å². The Balaban J connectivity index is 1.80. The minimum Gasteiger partial charge on any atom is -0.321 e. The monoisotopic (exact) mass is 376 g/mol. The molecule has 0 unspecified atom stereocenters. The normalized spacial score (nSPS) is 10.7. The van der Waals surface area contributed by atoms with E-state index < -0.39 is 0 Å². The lowest BCUT2D eigenvalue weighted by atomic mass is 10.1. The molecular weight excluding hydrogens is 363 g/mol. The predicted octanol–water partition coefficient (Wildman–Crippen LogP) is 5.99. The maximum absolute atomic E-state index is 12.4. The van der Waals surface area contributed by atoms with Crippen LogP contribution in [0, 0.1) is 13.8 Å². The summed E-state index contributed by atoms with van der Waals surface area (Å²) in [5.41, 5.74) is 3.04. The van der Waals surface area contributed by atoms with Crippen LogP contribution in [-0.2, 0) is 0 Å². The van der Waals surface area contributed by atoms with Crippen LogP contribution in [0.5, 0.6) is 0 Å². The summed E-state index contributed by atoms with van der Waals surface area (Å²) in [5.74, 6) is -0.225. The van der Waals surface area contributed by atoms with Crippen molar-refractivity contribution in [1.29, 1.82) is 0 Å².